The summed E-state index contributed by atoms with van der Waals surface area (Å²) in [7, 11) is 0. The van der Waals surface area contributed by atoms with Crippen LogP contribution in [0.2, 0.25) is 0 Å². The molecule has 2 heterocycles. The second kappa shape index (κ2) is 10.0. The van der Waals surface area contributed by atoms with E-state index in [0.29, 0.717) is 12.4 Å². The first-order chi connectivity index (χ1) is 17.1. The number of nitrogens with two attached hydrogens (primary N) is 1. The molecule has 5 rings (SSSR count). The first-order valence-corrected chi connectivity index (χ1v) is 11.9. The number of esters is 1. The second-order valence-corrected chi connectivity index (χ2v) is 8.63. The van der Waals surface area contributed by atoms with Gasteiger partial charge in [0, 0.05) is 23.9 Å². The van der Waals surface area contributed by atoms with Gasteiger partial charge < -0.3 is 19.8 Å². The molecular weight excluding hydrogens is 440 g/mol. The summed E-state index contributed by atoms with van der Waals surface area (Å²) in [5, 5.41) is 0.858. The Labute approximate surface area is 204 Å². The van der Waals surface area contributed by atoms with Gasteiger partial charge in [0.15, 0.2) is 0 Å². The Kier molecular flexibility index (Phi) is 6.48. The third kappa shape index (κ3) is 4.89. The first kappa shape index (κ1) is 22.7. The van der Waals surface area contributed by atoms with Gasteiger partial charge in [0.2, 0.25) is 0 Å². The molecule has 1 saturated carbocycles. The van der Waals surface area contributed by atoms with Crippen molar-refractivity contribution in [1.29, 1.82) is 0 Å². The minimum atomic E-state index is -0.255. The Hall–Kier alpha value is -4.13. The Morgan fingerprint density at radius 2 is 1.77 bits per heavy atom. The maximum Gasteiger partial charge on any atom is 0.330 e. The molecule has 0 bridgehead atoms. The number of hydrogen-bond acceptors (Lipinski definition) is 6. The van der Waals surface area contributed by atoms with Crippen molar-refractivity contribution in [2.24, 2.45) is 0 Å². The summed E-state index contributed by atoms with van der Waals surface area (Å²) < 4.78 is 13.2. The van der Waals surface area contributed by atoms with Crippen molar-refractivity contribution in [3.63, 3.8) is 0 Å². The zero-order valence-corrected chi connectivity index (χ0v) is 19.7. The van der Waals surface area contributed by atoms with Crippen LogP contribution < -0.4 is 10.5 Å². The Balaban J connectivity index is 1.41. The normalized spacial score (nSPS) is 15.7. The largest absolute Gasteiger partial charge is 0.463 e. The van der Waals surface area contributed by atoms with Crippen molar-refractivity contribution in [3.05, 3.63) is 78.8 Å². The molecule has 7 heteroatoms. The smallest absolute Gasteiger partial charge is 0.330 e. The lowest BCUT2D eigenvalue weighted by atomic mass is 9.90. The number of aromatic nitrogens is 3. The lowest BCUT2D eigenvalue weighted by Gasteiger charge is -2.25. The minimum Gasteiger partial charge on any atom is -0.463 e. The average Bonchev–Trinajstić information content (AvgIpc) is 3.27. The van der Waals surface area contributed by atoms with Gasteiger partial charge in [-0.1, -0.05) is 35.9 Å². The van der Waals surface area contributed by atoms with E-state index in [2.05, 4.69) is 20.7 Å². The summed E-state index contributed by atoms with van der Waals surface area (Å²) in [5.74, 6) is 1.77. The van der Waals surface area contributed by atoms with Crippen LogP contribution in [-0.4, -0.2) is 27.1 Å². The molecule has 7 nitrogen and oxygen atoms in total. The topological polar surface area (TPSA) is 92.3 Å². The van der Waals surface area contributed by atoms with Crippen LogP contribution in [0.5, 0.6) is 11.5 Å². The molecule has 0 atom stereocenters. The molecule has 0 saturated heterocycles. The van der Waals surface area contributed by atoms with Crippen LogP contribution in [0.4, 0.5) is 5.82 Å². The highest BCUT2D eigenvalue weighted by atomic mass is 16.5. The first-order valence-electron chi connectivity index (χ1n) is 11.9. The van der Waals surface area contributed by atoms with Crippen molar-refractivity contribution >= 4 is 22.8 Å². The van der Waals surface area contributed by atoms with Crippen LogP contribution in [0.1, 0.15) is 38.6 Å². The number of para-hydroxylation sites is 1. The van der Waals surface area contributed by atoms with Crippen molar-refractivity contribution in [1.82, 2.24) is 14.5 Å². The summed E-state index contributed by atoms with van der Waals surface area (Å²) in [6, 6.07) is 18.0. The lowest BCUT2D eigenvalue weighted by Crippen LogP contribution is -2.14. The van der Waals surface area contributed by atoms with Crippen LogP contribution in [0.3, 0.4) is 0 Å². The maximum absolute atomic E-state index is 11.8. The van der Waals surface area contributed by atoms with E-state index in [4.69, 9.17) is 15.2 Å². The number of nitrogens with zero attached hydrogens (tertiary/aromatic N) is 3. The molecule has 4 aromatic rings. The van der Waals surface area contributed by atoms with Gasteiger partial charge in [-0.3, -0.25) is 0 Å². The molecule has 2 aromatic carbocycles. The standard InChI is InChI=1S/C28H28N4O3/c1-2-34-25(33)16-19-8-12-21(13-9-19)32-17-24(26-27(29)30-18-31-28(26)32)20-10-14-23(15-11-20)35-22-6-4-3-5-7-22/h3-7,10-11,14-18,21H,2,8-9,12-13H2,1H3,(H2,29,30,31). The van der Waals surface area contributed by atoms with Gasteiger partial charge in [-0.25, -0.2) is 14.8 Å². The Bertz CT molecular complexity index is 1350. The highest BCUT2D eigenvalue weighted by molar-refractivity contribution is 6.00. The fourth-order valence-electron chi connectivity index (χ4n) is 4.68. The number of fused-ring (bicyclic) bond motifs is 1. The number of carbonyl (C=O) groups excluding carboxylic acids is 1. The molecule has 0 unspecified atom stereocenters. The van der Waals surface area contributed by atoms with E-state index in [1.165, 1.54) is 6.33 Å². The molecule has 0 spiro atoms. The van der Waals surface area contributed by atoms with Gasteiger partial charge in [0.05, 0.1) is 12.0 Å². The van der Waals surface area contributed by atoms with E-state index >= 15 is 0 Å². The minimum absolute atomic E-state index is 0.255. The predicted octanol–water partition coefficient (Wildman–Crippen LogP) is 6.08. The molecule has 2 N–H and O–H groups in total. The fraction of sp³-hybridized carbons (Fsp3) is 0.250. The van der Waals surface area contributed by atoms with E-state index < -0.39 is 0 Å². The summed E-state index contributed by atoms with van der Waals surface area (Å²) >= 11 is 0. The van der Waals surface area contributed by atoms with Crippen molar-refractivity contribution in [3.8, 4) is 22.6 Å². The molecule has 1 aliphatic rings. The van der Waals surface area contributed by atoms with Crippen molar-refractivity contribution < 1.29 is 14.3 Å². The van der Waals surface area contributed by atoms with Gasteiger partial charge >= 0.3 is 5.97 Å². The molecule has 1 aliphatic carbocycles. The molecule has 1 fully saturated rings. The van der Waals surface area contributed by atoms with Crippen LogP contribution in [0.25, 0.3) is 22.2 Å². The lowest BCUT2D eigenvalue weighted by molar-refractivity contribution is -0.137. The van der Waals surface area contributed by atoms with Crippen LogP contribution in [0, 0.1) is 0 Å². The van der Waals surface area contributed by atoms with Gasteiger partial charge in [0.1, 0.15) is 29.3 Å². The molecular formula is C28H28N4O3. The second-order valence-electron chi connectivity index (χ2n) is 8.63. The third-order valence-electron chi connectivity index (χ3n) is 6.38. The number of benzene rings is 2. The zero-order chi connectivity index (χ0) is 24.2. The summed E-state index contributed by atoms with van der Waals surface area (Å²) in [5.41, 5.74) is 10.3. The number of rotatable bonds is 6. The van der Waals surface area contributed by atoms with Crippen molar-refractivity contribution in [2.75, 3.05) is 12.3 Å². The predicted molar refractivity (Wildman–Crippen MR) is 136 cm³/mol. The average molecular weight is 469 g/mol. The van der Waals surface area contributed by atoms with E-state index in [0.717, 1.165) is 64.9 Å². The number of anilines is 1. The molecule has 35 heavy (non-hydrogen) atoms. The summed E-state index contributed by atoms with van der Waals surface area (Å²) in [6.07, 6.45) is 8.84. The number of carbonyl (C=O) groups is 1. The highest BCUT2D eigenvalue weighted by Gasteiger charge is 2.24. The monoisotopic (exact) mass is 468 g/mol. The van der Waals surface area contributed by atoms with E-state index in [1.54, 1.807) is 6.08 Å². The van der Waals surface area contributed by atoms with Gasteiger partial charge in [0.25, 0.3) is 0 Å². The van der Waals surface area contributed by atoms with E-state index in [-0.39, 0.29) is 12.0 Å². The third-order valence-corrected chi connectivity index (χ3v) is 6.38. The molecule has 0 amide bonds. The number of ether oxygens (including phenoxy) is 2. The van der Waals surface area contributed by atoms with Gasteiger partial charge in [-0.05, 0) is 62.4 Å². The van der Waals surface area contributed by atoms with Gasteiger partial charge in [-0.15, -0.1) is 0 Å². The molecule has 178 valence electrons. The zero-order valence-electron chi connectivity index (χ0n) is 19.7. The van der Waals surface area contributed by atoms with E-state index in [1.807, 2.05) is 61.5 Å². The van der Waals surface area contributed by atoms with Crippen LogP contribution in [-0.2, 0) is 9.53 Å². The highest BCUT2D eigenvalue weighted by Crippen LogP contribution is 2.39. The number of allylic oxidation sites excluding steroid dienone is 1. The molecule has 0 aliphatic heterocycles. The van der Waals surface area contributed by atoms with Crippen LogP contribution in [0.15, 0.2) is 78.8 Å². The van der Waals surface area contributed by atoms with Gasteiger partial charge in [-0.2, -0.15) is 0 Å². The van der Waals surface area contributed by atoms with E-state index in [9.17, 15) is 4.79 Å². The fourth-order valence-corrected chi connectivity index (χ4v) is 4.68. The molecule has 0 radical (unpaired) electrons. The quantitative estimate of drug-likeness (QED) is 0.272. The summed E-state index contributed by atoms with van der Waals surface area (Å²) in [4.78, 5) is 20.7. The molecule has 2 aromatic heterocycles. The van der Waals surface area contributed by atoms with Crippen molar-refractivity contribution in [2.45, 2.75) is 38.6 Å². The van der Waals surface area contributed by atoms with Crippen LogP contribution >= 0.6 is 0 Å². The Morgan fingerprint density at radius 1 is 1.06 bits per heavy atom. The maximum atomic E-state index is 11.8. The summed E-state index contributed by atoms with van der Waals surface area (Å²) in [6.45, 7) is 2.21. The Morgan fingerprint density at radius 3 is 2.49 bits per heavy atom. The SMILES string of the molecule is CCOC(=O)C=C1CCC(n2cc(-c3ccc(Oc4ccccc4)cc3)c3c(N)ncnc32)CC1. The number of hydrogen-bond donors (Lipinski definition) is 1. The number of nitrogen functional groups attached to an aromatic ring is 1.